The number of H-pyrrole nitrogens is 1. The zero-order valence-electron chi connectivity index (χ0n) is 13.1. The van der Waals surface area contributed by atoms with E-state index in [9.17, 15) is 4.79 Å². The van der Waals surface area contributed by atoms with Crippen LogP contribution in [0.1, 0.15) is 27.7 Å². The van der Waals surface area contributed by atoms with Crippen LogP contribution in [0.15, 0.2) is 30.3 Å². The molecule has 0 spiro atoms. The SMILES string of the molecule is Cc1ccccc1[C@@H]1[C@H]2CNC[C@H]2CN1C(=O)c1cc(N)n[nH]1. The molecule has 4 N–H and O–H groups in total. The Bertz CT molecular complexity index is 740. The van der Waals surface area contributed by atoms with Crippen LogP contribution in [0.2, 0.25) is 0 Å². The van der Waals surface area contributed by atoms with Crippen LogP contribution >= 0.6 is 0 Å². The van der Waals surface area contributed by atoms with Crippen LogP contribution in [-0.2, 0) is 0 Å². The Balaban J connectivity index is 1.73. The fraction of sp³-hybridized carbons (Fsp3) is 0.412. The molecule has 0 saturated carbocycles. The molecule has 6 heteroatoms. The maximum absolute atomic E-state index is 13.0. The number of carbonyl (C=O) groups excluding carboxylic acids is 1. The molecule has 3 heterocycles. The number of benzene rings is 1. The third-order valence-corrected chi connectivity index (χ3v) is 5.16. The van der Waals surface area contributed by atoms with E-state index in [0.717, 1.165) is 19.6 Å². The van der Waals surface area contributed by atoms with Crippen LogP contribution < -0.4 is 11.1 Å². The molecule has 6 nitrogen and oxygen atoms in total. The van der Waals surface area contributed by atoms with Gasteiger partial charge in [-0.15, -0.1) is 0 Å². The van der Waals surface area contributed by atoms with Gasteiger partial charge < -0.3 is 16.0 Å². The Morgan fingerprint density at radius 3 is 2.91 bits per heavy atom. The van der Waals surface area contributed by atoms with Gasteiger partial charge in [-0.05, 0) is 24.0 Å². The summed E-state index contributed by atoms with van der Waals surface area (Å²) in [6.07, 6.45) is 0. The Morgan fingerprint density at radius 2 is 2.17 bits per heavy atom. The molecule has 1 amide bonds. The number of hydrogen-bond donors (Lipinski definition) is 3. The molecule has 0 unspecified atom stereocenters. The van der Waals surface area contributed by atoms with Gasteiger partial charge in [0, 0.05) is 31.6 Å². The van der Waals surface area contributed by atoms with Gasteiger partial charge in [0.05, 0.1) is 6.04 Å². The maximum Gasteiger partial charge on any atom is 0.272 e. The average molecular weight is 311 g/mol. The molecule has 1 aromatic carbocycles. The van der Waals surface area contributed by atoms with Gasteiger partial charge in [0.15, 0.2) is 0 Å². The van der Waals surface area contributed by atoms with E-state index >= 15 is 0 Å². The van der Waals surface area contributed by atoms with Crippen LogP contribution in [0, 0.1) is 18.8 Å². The van der Waals surface area contributed by atoms with E-state index in [1.807, 2.05) is 11.0 Å². The van der Waals surface area contributed by atoms with E-state index in [1.54, 1.807) is 6.07 Å². The fourth-order valence-electron chi connectivity index (χ4n) is 4.05. The van der Waals surface area contributed by atoms with Crippen molar-refractivity contribution in [1.82, 2.24) is 20.4 Å². The highest BCUT2D eigenvalue weighted by atomic mass is 16.2. The van der Waals surface area contributed by atoms with E-state index in [0.29, 0.717) is 23.3 Å². The van der Waals surface area contributed by atoms with Gasteiger partial charge in [-0.25, -0.2) is 0 Å². The highest BCUT2D eigenvalue weighted by Crippen LogP contribution is 2.44. The Kier molecular flexibility index (Phi) is 3.34. The lowest BCUT2D eigenvalue weighted by atomic mass is 9.87. The van der Waals surface area contributed by atoms with Gasteiger partial charge in [-0.1, -0.05) is 24.3 Å². The minimum Gasteiger partial charge on any atom is -0.382 e. The largest absolute Gasteiger partial charge is 0.382 e. The fourth-order valence-corrected chi connectivity index (χ4v) is 4.05. The molecule has 2 aliphatic rings. The van der Waals surface area contributed by atoms with E-state index in [1.165, 1.54) is 11.1 Å². The van der Waals surface area contributed by atoms with Gasteiger partial charge >= 0.3 is 0 Å². The number of fused-ring (bicyclic) bond motifs is 1. The molecular weight excluding hydrogens is 290 g/mol. The third kappa shape index (κ3) is 2.30. The normalized spacial score (nSPS) is 26.5. The first-order chi connectivity index (χ1) is 11.1. The molecule has 2 aliphatic heterocycles. The molecule has 120 valence electrons. The minimum absolute atomic E-state index is 0.0168. The summed E-state index contributed by atoms with van der Waals surface area (Å²) in [5.41, 5.74) is 8.59. The number of likely N-dealkylation sites (tertiary alicyclic amines) is 1. The van der Waals surface area contributed by atoms with Crippen LogP contribution in [0.5, 0.6) is 0 Å². The predicted molar refractivity (Wildman–Crippen MR) is 87.8 cm³/mol. The number of nitrogen functional groups attached to an aromatic ring is 1. The number of aromatic nitrogens is 2. The van der Waals surface area contributed by atoms with E-state index in [2.05, 4.69) is 40.6 Å². The summed E-state index contributed by atoms with van der Waals surface area (Å²) in [4.78, 5) is 15.0. The van der Waals surface area contributed by atoms with Gasteiger partial charge in [0.2, 0.25) is 0 Å². The molecule has 0 aliphatic carbocycles. The van der Waals surface area contributed by atoms with Crippen LogP contribution in [0.3, 0.4) is 0 Å². The van der Waals surface area contributed by atoms with Gasteiger partial charge in [-0.3, -0.25) is 9.89 Å². The number of nitrogens with one attached hydrogen (secondary N) is 2. The number of nitrogens with zero attached hydrogens (tertiary/aromatic N) is 2. The number of nitrogens with two attached hydrogens (primary N) is 1. The zero-order valence-corrected chi connectivity index (χ0v) is 13.1. The van der Waals surface area contributed by atoms with Crippen molar-refractivity contribution in [2.45, 2.75) is 13.0 Å². The number of aryl methyl sites for hydroxylation is 1. The van der Waals surface area contributed by atoms with Crippen molar-refractivity contribution in [2.75, 3.05) is 25.4 Å². The van der Waals surface area contributed by atoms with Crippen molar-refractivity contribution >= 4 is 11.7 Å². The summed E-state index contributed by atoms with van der Waals surface area (Å²) >= 11 is 0. The first-order valence-corrected chi connectivity index (χ1v) is 8.03. The van der Waals surface area contributed by atoms with Crippen LogP contribution in [0.25, 0.3) is 0 Å². The summed E-state index contributed by atoms with van der Waals surface area (Å²) in [5.74, 6) is 1.29. The monoisotopic (exact) mass is 311 g/mol. The lowest BCUT2D eigenvalue weighted by molar-refractivity contribution is 0.0707. The first kappa shape index (κ1) is 14.3. The van der Waals surface area contributed by atoms with Crippen molar-refractivity contribution in [2.24, 2.45) is 11.8 Å². The molecule has 3 atom stereocenters. The Hall–Kier alpha value is -2.34. The second-order valence-corrected chi connectivity index (χ2v) is 6.55. The molecule has 2 aromatic rings. The standard InChI is InChI=1S/C17H21N5O/c1-10-4-2-3-5-12(10)16-13-8-19-7-11(13)9-22(16)17(23)14-6-15(18)21-20-14/h2-6,11,13,16,19H,7-9H2,1H3,(H3,18,20,21)/t11-,13-,16+/m0/s1. The summed E-state index contributed by atoms with van der Waals surface area (Å²) in [6.45, 7) is 4.82. The molecule has 2 fully saturated rings. The second-order valence-electron chi connectivity index (χ2n) is 6.55. The maximum atomic E-state index is 13.0. The molecule has 23 heavy (non-hydrogen) atoms. The van der Waals surface area contributed by atoms with Crippen molar-refractivity contribution in [3.05, 3.63) is 47.2 Å². The summed E-state index contributed by atoms with van der Waals surface area (Å²) < 4.78 is 0. The molecule has 0 bridgehead atoms. The topological polar surface area (TPSA) is 87.0 Å². The van der Waals surface area contributed by atoms with Crippen LogP contribution in [-0.4, -0.2) is 40.6 Å². The smallest absolute Gasteiger partial charge is 0.272 e. The Morgan fingerprint density at radius 1 is 1.35 bits per heavy atom. The van der Waals surface area contributed by atoms with Crippen molar-refractivity contribution < 1.29 is 4.79 Å². The minimum atomic E-state index is -0.0168. The predicted octanol–water partition coefficient (Wildman–Crippen LogP) is 1.33. The lowest BCUT2D eigenvalue weighted by Gasteiger charge is -2.29. The summed E-state index contributed by atoms with van der Waals surface area (Å²) in [5, 5.41) is 10.1. The lowest BCUT2D eigenvalue weighted by Crippen LogP contribution is -2.35. The average Bonchev–Trinajstić information content (AvgIpc) is 3.22. The van der Waals surface area contributed by atoms with Crippen molar-refractivity contribution in [1.29, 1.82) is 0 Å². The summed E-state index contributed by atoms with van der Waals surface area (Å²) in [7, 11) is 0. The molecular formula is C17H21N5O. The number of rotatable bonds is 2. The van der Waals surface area contributed by atoms with E-state index in [4.69, 9.17) is 5.73 Å². The number of aromatic amines is 1. The van der Waals surface area contributed by atoms with Gasteiger partial charge in [-0.2, -0.15) is 5.10 Å². The molecule has 4 rings (SSSR count). The number of anilines is 1. The molecule has 1 aromatic heterocycles. The highest BCUT2D eigenvalue weighted by Gasteiger charge is 2.47. The third-order valence-electron chi connectivity index (χ3n) is 5.16. The van der Waals surface area contributed by atoms with Gasteiger partial charge in [0.1, 0.15) is 11.5 Å². The van der Waals surface area contributed by atoms with Crippen molar-refractivity contribution in [3.63, 3.8) is 0 Å². The number of amides is 1. The number of carbonyl (C=O) groups is 1. The Labute approximate surface area is 135 Å². The summed E-state index contributed by atoms with van der Waals surface area (Å²) in [6, 6.07) is 10.1. The van der Waals surface area contributed by atoms with E-state index < -0.39 is 0 Å². The zero-order chi connectivity index (χ0) is 16.0. The van der Waals surface area contributed by atoms with E-state index in [-0.39, 0.29) is 11.9 Å². The van der Waals surface area contributed by atoms with Gasteiger partial charge in [0.25, 0.3) is 5.91 Å². The first-order valence-electron chi connectivity index (χ1n) is 8.03. The molecule has 0 radical (unpaired) electrons. The second kappa shape index (κ2) is 5.38. The highest BCUT2D eigenvalue weighted by molar-refractivity contribution is 5.93. The molecule has 2 saturated heterocycles. The number of hydrogen-bond acceptors (Lipinski definition) is 4. The van der Waals surface area contributed by atoms with Crippen LogP contribution in [0.4, 0.5) is 5.82 Å². The quantitative estimate of drug-likeness (QED) is 0.781. The van der Waals surface area contributed by atoms with Crippen molar-refractivity contribution in [3.8, 4) is 0 Å².